The van der Waals surface area contributed by atoms with Crippen molar-refractivity contribution in [2.45, 2.75) is 26.7 Å². The molecule has 1 fully saturated rings. The van der Waals surface area contributed by atoms with Gasteiger partial charge in [-0.1, -0.05) is 25.1 Å². The van der Waals surface area contributed by atoms with Gasteiger partial charge in [0.05, 0.1) is 0 Å². The van der Waals surface area contributed by atoms with Crippen LogP contribution in [-0.4, -0.2) is 23.9 Å². The summed E-state index contributed by atoms with van der Waals surface area (Å²) in [5, 5.41) is 0. The highest BCUT2D eigenvalue weighted by Gasteiger charge is 2.22. The molecule has 0 spiro atoms. The Bertz CT molecular complexity index is 386. The number of carbonyl (C=O) groups excluding carboxylic acids is 1. The molecule has 1 aromatic carbocycles. The van der Waals surface area contributed by atoms with Gasteiger partial charge in [-0.3, -0.25) is 4.79 Å². The molecule has 16 heavy (non-hydrogen) atoms. The maximum atomic E-state index is 12.3. The summed E-state index contributed by atoms with van der Waals surface area (Å²) in [5.74, 6) is 0.839. The molecule has 2 nitrogen and oxygen atoms in total. The lowest BCUT2D eigenvalue weighted by Gasteiger charge is -2.31. The fourth-order valence-electron chi connectivity index (χ4n) is 2.36. The number of amides is 1. The monoisotopic (exact) mass is 217 g/mol. The molecule has 1 aromatic rings. The van der Waals surface area contributed by atoms with Crippen LogP contribution < -0.4 is 0 Å². The van der Waals surface area contributed by atoms with E-state index in [1.54, 1.807) is 0 Å². The molecule has 1 aliphatic rings. The molecule has 1 atom stereocenters. The van der Waals surface area contributed by atoms with Crippen molar-refractivity contribution in [1.82, 2.24) is 4.90 Å². The van der Waals surface area contributed by atoms with Crippen LogP contribution in [0.5, 0.6) is 0 Å². The lowest BCUT2D eigenvalue weighted by Crippen LogP contribution is -2.39. The van der Waals surface area contributed by atoms with Crippen LogP contribution in [0.4, 0.5) is 0 Å². The van der Waals surface area contributed by atoms with Gasteiger partial charge in [-0.25, -0.2) is 0 Å². The van der Waals surface area contributed by atoms with Crippen LogP contribution in [-0.2, 0) is 0 Å². The van der Waals surface area contributed by atoms with Gasteiger partial charge in [-0.2, -0.15) is 0 Å². The van der Waals surface area contributed by atoms with E-state index in [0.29, 0.717) is 5.92 Å². The highest BCUT2D eigenvalue weighted by Crippen LogP contribution is 2.19. The Morgan fingerprint density at radius 2 is 2.12 bits per heavy atom. The zero-order valence-corrected chi connectivity index (χ0v) is 10.1. The third kappa shape index (κ3) is 2.26. The normalized spacial score (nSPS) is 20.9. The molecule has 0 aromatic heterocycles. The van der Waals surface area contributed by atoms with Crippen LogP contribution in [0.15, 0.2) is 24.3 Å². The molecule has 1 saturated heterocycles. The van der Waals surface area contributed by atoms with E-state index in [2.05, 4.69) is 6.92 Å². The number of benzene rings is 1. The number of likely N-dealkylation sites (tertiary alicyclic amines) is 1. The van der Waals surface area contributed by atoms with Crippen molar-refractivity contribution in [2.24, 2.45) is 5.92 Å². The SMILES string of the molecule is Cc1ccccc1C(=O)N1CCC[C@H](C)C1. The molecule has 0 aliphatic carbocycles. The molecule has 0 N–H and O–H groups in total. The van der Waals surface area contributed by atoms with Gasteiger partial charge in [-0.05, 0) is 37.3 Å². The van der Waals surface area contributed by atoms with E-state index in [4.69, 9.17) is 0 Å². The van der Waals surface area contributed by atoms with Gasteiger partial charge >= 0.3 is 0 Å². The van der Waals surface area contributed by atoms with E-state index in [0.717, 1.165) is 30.6 Å². The first-order valence-corrected chi connectivity index (χ1v) is 6.03. The average Bonchev–Trinajstić information content (AvgIpc) is 2.29. The molecule has 1 heterocycles. The minimum absolute atomic E-state index is 0.199. The topological polar surface area (TPSA) is 20.3 Å². The van der Waals surface area contributed by atoms with Gasteiger partial charge in [0.2, 0.25) is 0 Å². The Balaban J connectivity index is 2.16. The fourth-order valence-corrected chi connectivity index (χ4v) is 2.36. The van der Waals surface area contributed by atoms with Crippen molar-refractivity contribution in [3.05, 3.63) is 35.4 Å². The molecule has 0 unspecified atom stereocenters. The Morgan fingerprint density at radius 1 is 1.38 bits per heavy atom. The number of piperidine rings is 1. The van der Waals surface area contributed by atoms with Gasteiger partial charge in [0.25, 0.3) is 5.91 Å². The maximum Gasteiger partial charge on any atom is 0.254 e. The van der Waals surface area contributed by atoms with Gasteiger partial charge < -0.3 is 4.90 Å². The number of hydrogen-bond acceptors (Lipinski definition) is 1. The predicted octanol–water partition coefficient (Wildman–Crippen LogP) is 2.87. The number of hydrogen-bond donors (Lipinski definition) is 0. The van der Waals surface area contributed by atoms with E-state index in [-0.39, 0.29) is 5.91 Å². The Labute approximate surface area is 97.3 Å². The summed E-state index contributed by atoms with van der Waals surface area (Å²) in [5.41, 5.74) is 1.93. The molecule has 2 rings (SSSR count). The highest BCUT2D eigenvalue weighted by atomic mass is 16.2. The number of carbonyl (C=O) groups is 1. The van der Waals surface area contributed by atoms with Gasteiger partial charge in [0.1, 0.15) is 0 Å². The van der Waals surface area contributed by atoms with Gasteiger partial charge in [0, 0.05) is 18.7 Å². The Morgan fingerprint density at radius 3 is 2.81 bits per heavy atom. The zero-order valence-electron chi connectivity index (χ0n) is 10.1. The molecule has 86 valence electrons. The molecule has 1 amide bonds. The van der Waals surface area contributed by atoms with Crippen molar-refractivity contribution in [3.8, 4) is 0 Å². The maximum absolute atomic E-state index is 12.3. The molecule has 2 heteroatoms. The summed E-state index contributed by atoms with van der Waals surface area (Å²) in [6.07, 6.45) is 2.39. The molecule has 0 bridgehead atoms. The largest absolute Gasteiger partial charge is 0.338 e. The first kappa shape index (κ1) is 11.2. The second kappa shape index (κ2) is 4.69. The van der Waals surface area contributed by atoms with E-state index in [9.17, 15) is 4.79 Å². The number of aryl methyl sites for hydroxylation is 1. The lowest BCUT2D eigenvalue weighted by molar-refractivity contribution is 0.0682. The van der Waals surface area contributed by atoms with Crippen molar-refractivity contribution in [3.63, 3.8) is 0 Å². The second-order valence-corrected chi connectivity index (χ2v) is 4.81. The lowest BCUT2D eigenvalue weighted by atomic mass is 9.99. The zero-order chi connectivity index (χ0) is 11.5. The van der Waals surface area contributed by atoms with Gasteiger partial charge in [0.15, 0.2) is 0 Å². The third-order valence-electron chi connectivity index (χ3n) is 3.32. The minimum atomic E-state index is 0.199. The van der Waals surface area contributed by atoms with Crippen LogP contribution in [0, 0.1) is 12.8 Å². The molecule has 1 aliphatic heterocycles. The minimum Gasteiger partial charge on any atom is -0.338 e. The van der Waals surface area contributed by atoms with E-state index in [1.165, 1.54) is 6.42 Å². The first-order chi connectivity index (χ1) is 7.68. The quantitative estimate of drug-likeness (QED) is 0.708. The summed E-state index contributed by atoms with van der Waals surface area (Å²) < 4.78 is 0. The molecule has 0 radical (unpaired) electrons. The number of nitrogens with zero attached hydrogens (tertiary/aromatic N) is 1. The van der Waals surface area contributed by atoms with Crippen molar-refractivity contribution in [1.29, 1.82) is 0 Å². The summed E-state index contributed by atoms with van der Waals surface area (Å²) in [7, 11) is 0. The van der Waals surface area contributed by atoms with E-state index < -0.39 is 0 Å². The fraction of sp³-hybridized carbons (Fsp3) is 0.500. The summed E-state index contributed by atoms with van der Waals surface area (Å²) in [6.45, 7) is 6.04. The van der Waals surface area contributed by atoms with Gasteiger partial charge in [-0.15, -0.1) is 0 Å². The summed E-state index contributed by atoms with van der Waals surface area (Å²) in [6, 6.07) is 7.84. The van der Waals surface area contributed by atoms with Crippen LogP contribution in [0.25, 0.3) is 0 Å². The Hall–Kier alpha value is -1.31. The summed E-state index contributed by atoms with van der Waals surface area (Å²) >= 11 is 0. The Kier molecular flexibility index (Phi) is 3.28. The highest BCUT2D eigenvalue weighted by molar-refractivity contribution is 5.95. The molecular weight excluding hydrogens is 198 g/mol. The van der Waals surface area contributed by atoms with Crippen molar-refractivity contribution in [2.75, 3.05) is 13.1 Å². The van der Waals surface area contributed by atoms with E-state index >= 15 is 0 Å². The molecule has 0 saturated carbocycles. The second-order valence-electron chi connectivity index (χ2n) is 4.81. The third-order valence-corrected chi connectivity index (χ3v) is 3.32. The van der Waals surface area contributed by atoms with E-state index in [1.807, 2.05) is 36.1 Å². The van der Waals surface area contributed by atoms with Crippen LogP contribution in [0.3, 0.4) is 0 Å². The average molecular weight is 217 g/mol. The first-order valence-electron chi connectivity index (χ1n) is 6.03. The van der Waals surface area contributed by atoms with Crippen LogP contribution >= 0.6 is 0 Å². The van der Waals surface area contributed by atoms with Crippen molar-refractivity contribution >= 4 is 5.91 Å². The smallest absolute Gasteiger partial charge is 0.254 e. The summed E-state index contributed by atoms with van der Waals surface area (Å²) in [4.78, 5) is 14.3. The number of rotatable bonds is 1. The molecular formula is C14H19NO. The van der Waals surface area contributed by atoms with Crippen molar-refractivity contribution < 1.29 is 4.79 Å². The van der Waals surface area contributed by atoms with Crippen LogP contribution in [0.1, 0.15) is 35.7 Å². The van der Waals surface area contributed by atoms with Crippen LogP contribution in [0.2, 0.25) is 0 Å². The standard InChI is InChI=1S/C14H19NO/c1-11-6-5-9-15(10-11)14(16)13-8-4-3-7-12(13)2/h3-4,7-8,11H,5-6,9-10H2,1-2H3/t11-/m0/s1. The predicted molar refractivity (Wildman–Crippen MR) is 65.5 cm³/mol.